The molecule has 0 aliphatic carbocycles. The predicted octanol–water partition coefficient (Wildman–Crippen LogP) is 4.28. The second kappa shape index (κ2) is 7.99. The molecule has 122 valence electrons. The first-order valence-corrected chi connectivity index (χ1v) is 7.77. The summed E-state index contributed by atoms with van der Waals surface area (Å²) in [6, 6.07) is 15.0. The van der Waals surface area contributed by atoms with Crippen LogP contribution in [0.5, 0.6) is 11.5 Å². The van der Waals surface area contributed by atoms with Crippen LogP contribution in [0.4, 0.5) is 0 Å². The first-order valence-electron chi connectivity index (χ1n) is 7.39. The summed E-state index contributed by atoms with van der Waals surface area (Å²) in [5.41, 5.74) is 0.845. The van der Waals surface area contributed by atoms with Gasteiger partial charge in [-0.25, -0.2) is 0 Å². The highest BCUT2D eigenvalue weighted by molar-refractivity contribution is 6.31. The van der Waals surface area contributed by atoms with Crippen LogP contribution in [0.2, 0.25) is 5.02 Å². The molecular formula is C18H20ClNO3. The maximum absolute atomic E-state index is 11.0. The molecule has 0 radical (unpaired) electrons. The molecule has 1 N–H and O–H groups in total. The number of benzene rings is 2. The van der Waals surface area contributed by atoms with Crippen molar-refractivity contribution in [2.75, 3.05) is 13.6 Å². The van der Waals surface area contributed by atoms with E-state index in [2.05, 4.69) is 0 Å². The Morgan fingerprint density at radius 1 is 1.22 bits per heavy atom. The number of nitrogens with zero attached hydrogens (tertiary/aromatic N) is 1. The smallest absolute Gasteiger partial charge is 0.307 e. The van der Waals surface area contributed by atoms with E-state index in [0.717, 1.165) is 11.3 Å². The van der Waals surface area contributed by atoms with E-state index in [9.17, 15) is 4.79 Å². The van der Waals surface area contributed by atoms with Crippen molar-refractivity contribution < 1.29 is 14.6 Å². The third-order valence-corrected chi connectivity index (χ3v) is 3.84. The van der Waals surface area contributed by atoms with E-state index >= 15 is 0 Å². The Labute approximate surface area is 141 Å². The van der Waals surface area contributed by atoms with Gasteiger partial charge in [0.05, 0.1) is 5.92 Å². The Morgan fingerprint density at radius 2 is 1.91 bits per heavy atom. The van der Waals surface area contributed by atoms with Gasteiger partial charge in [-0.3, -0.25) is 4.79 Å². The third-order valence-electron chi connectivity index (χ3n) is 3.48. The van der Waals surface area contributed by atoms with Crippen LogP contribution < -0.4 is 4.74 Å². The zero-order chi connectivity index (χ0) is 16.8. The van der Waals surface area contributed by atoms with Gasteiger partial charge in [0, 0.05) is 23.7 Å². The third kappa shape index (κ3) is 4.98. The second-order valence-corrected chi connectivity index (χ2v) is 5.97. The molecule has 1 unspecified atom stereocenters. The van der Waals surface area contributed by atoms with Gasteiger partial charge in [-0.2, -0.15) is 0 Å². The van der Waals surface area contributed by atoms with Gasteiger partial charge in [0.1, 0.15) is 11.5 Å². The van der Waals surface area contributed by atoms with Gasteiger partial charge in [-0.1, -0.05) is 42.8 Å². The molecule has 2 aromatic rings. The van der Waals surface area contributed by atoms with Crippen molar-refractivity contribution in [3.63, 3.8) is 0 Å². The van der Waals surface area contributed by atoms with Gasteiger partial charge >= 0.3 is 5.97 Å². The molecule has 0 saturated heterocycles. The summed E-state index contributed by atoms with van der Waals surface area (Å²) in [5, 5.41) is 9.63. The number of carboxylic acid groups (broad SMARTS) is 1. The first-order chi connectivity index (χ1) is 11.0. The predicted molar refractivity (Wildman–Crippen MR) is 91.1 cm³/mol. The van der Waals surface area contributed by atoms with Crippen LogP contribution in [0.15, 0.2) is 48.5 Å². The van der Waals surface area contributed by atoms with Crippen molar-refractivity contribution in [3.05, 3.63) is 59.1 Å². The average Bonchev–Trinajstić information content (AvgIpc) is 2.51. The van der Waals surface area contributed by atoms with Gasteiger partial charge in [0.15, 0.2) is 0 Å². The highest BCUT2D eigenvalue weighted by Gasteiger charge is 2.16. The SMILES string of the molecule is CC(CN(C)Cc1c(Cl)cccc1Oc1ccccc1)C(=O)O. The summed E-state index contributed by atoms with van der Waals surface area (Å²) >= 11 is 6.32. The number of hydrogen-bond donors (Lipinski definition) is 1. The summed E-state index contributed by atoms with van der Waals surface area (Å²) < 4.78 is 5.92. The lowest BCUT2D eigenvalue weighted by Gasteiger charge is -2.21. The highest BCUT2D eigenvalue weighted by atomic mass is 35.5. The molecule has 0 aromatic heterocycles. The van der Waals surface area contributed by atoms with Gasteiger partial charge < -0.3 is 14.7 Å². The maximum Gasteiger partial charge on any atom is 0.307 e. The van der Waals surface area contributed by atoms with Crippen molar-refractivity contribution in [3.8, 4) is 11.5 Å². The number of carboxylic acids is 1. The highest BCUT2D eigenvalue weighted by Crippen LogP contribution is 2.31. The standard InChI is InChI=1S/C18H20ClNO3/c1-13(18(21)22)11-20(2)12-15-16(19)9-6-10-17(15)23-14-7-4-3-5-8-14/h3-10,13H,11-12H2,1-2H3,(H,21,22). The van der Waals surface area contributed by atoms with Gasteiger partial charge in [0.2, 0.25) is 0 Å². The number of rotatable bonds is 7. The van der Waals surface area contributed by atoms with Crippen molar-refractivity contribution >= 4 is 17.6 Å². The molecule has 2 aromatic carbocycles. The molecule has 0 amide bonds. The monoisotopic (exact) mass is 333 g/mol. The second-order valence-electron chi connectivity index (χ2n) is 5.57. The molecule has 1 atom stereocenters. The quantitative estimate of drug-likeness (QED) is 0.821. The molecule has 0 spiro atoms. The zero-order valence-corrected chi connectivity index (χ0v) is 14.0. The van der Waals surface area contributed by atoms with E-state index < -0.39 is 11.9 Å². The van der Waals surface area contributed by atoms with Gasteiger partial charge in [0.25, 0.3) is 0 Å². The van der Waals surface area contributed by atoms with Crippen LogP contribution in [0, 0.1) is 5.92 Å². The van der Waals surface area contributed by atoms with Crippen LogP contribution in [0.1, 0.15) is 12.5 Å². The van der Waals surface area contributed by atoms with Crippen molar-refractivity contribution in [2.24, 2.45) is 5.92 Å². The summed E-state index contributed by atoms with van der Waals surface area (Å²) in [5.74, 6) is 0.161. The lowest BCUT2D eigenvalue weighted by atomic mass is 10.1. The Balaban J connectivity index is 2.16. The molecule has 5 heteroatoms. The van der Waals surface area contributed by atoms with Crippen LogP contribution in [-0.4, -0.2) is 29.6 Å². The van der Waals surface area contributed by atoms with Crippen LogP contribution in [-0.2, 0) is 11.3 Å². The number of ether oxygens (including phenoxy) is 1. The molecule has 2 rings (SSSR count). The van der Waals surface area contributed by atoms with Crippen molar-refractivity contribution in [1.29, 1.82) is 0 Å². The summed E-state index contributed by atoms with van der Waals surface area (Å²) in [4.78, 5) is 12.9. The minimum Gasteiger partial charge on any atom is -0.481 e. The molecule has 4 nitrogen and oxygen atoms in total. The average molecular weight is 334 g/mol. The van der Waals surface area contributed by atoms with Gasteiger partial charge in [-0.05, 0) is 31.3 Å². The van der Waals surface area contributed by atoms with E-state index in [1.165, 1.54) is 0 Å². The summed E-state index contributed by atoms with van der Waals surface area (Å²) in [6.07, 6.45) is 0. The Bertz CT molecular complexity index is 661. The van der Waals surface area contributed by atoms with Gasteiger partial charge in [-0.15, -0.1) is 0 Å². The fraction of sp³-hybridized carbons (Fsp3) is 0.278. The topological polar surface area (TPSA) is 49.8 Å². The number of halogens is 1. The molecule has 23 heavy (non-hydrogen) atoms. The zero-order valence-electron chi connectivity index (χ0n) is 13.2. The van der Waals surface area contributed by atoms with E-state index in [0.29, 0.717) is 23.9 Å². The van der Waals surface area contributed by atoms with Crippen LogP contribution in [0.3, 0.4) is 0 Å². The van der Waals surface area contributed by atoms with Crippen LogP contribution >= 0.6 is 11.6 Å². The molecule has 0 fully saturated rings. The minimum atomic E-state index is -0.809. The largest absolute Gasteiger partial charge is 0.481 e. The minimum absolute atomic E-state index is 0.436. The molecule has 0 aliphatic rings. The molecule has 0 saturated carbocycles. The molecule has 0 heterocycles. The molecular weight excluding hydrogens is 314 g/mol. The molecule has 0 bridgehead atoms. The lowest BCUT2D eigenvalue weighted by molar-refractivity contribution is -0.141. The first kappa shape index (κ1) is 17.3. The number of carbonyl (C=O) groups is 1. The lowest BCUT2D eigenvalue weighted by Crippen LogP contribution is -2.28. The fourth-order valence-electron chi connectivity index (χ4n) is 2.28. The van der Waals surface area contributed by atoms with E-state index in [1.54, 1.807) is 6.92 Å². The van der Waals surface area contributed by atoms with E-state index in [4.69, 9.17) is 21.4 Å². The number of hydrogen-bond acceptors (Lipinski definition) is 3. The summed E-state index contributed by atoms with van der Waals surface area (Å²) in [7, 11) is 1.87. The van der Waals surface area contributed by atoms with E-state index in [1.807, 2.05) is 60.5 Å². The summed E-state index contributed by atoms with van der Waals surface area (Å²) in [6.45, 7) is 2.64. The molecule has 0 aliphatic heterocycles. The maximum atomic E-state index is 11.0. The number of para-hydroxylation sites is 1. The Kier molecular flexibility index (Phi) is 6.02. The Hall–Kier alpha value is -2.04. The van der Waals surface area contributed by atoms with Crippen LogP contribution in [0.25, 0.3) is 0 Å². The Morgan fingerprint density at radius 3 is 2.57 bits per heavy atom. The van der Waals surface area contributed by atoms with E-state index in [-0.39, 0.29) is 0 Å². The van der Waals surface area contributed by atoms with Crippen molar-refractivity contribution in [1.82, 2.24) is 4.90 Å². The normalized spacial score (nSPS) is 12.2. The van der Waals surface area contributed by atoms with Crippen molar-refractivity contribution in [2.45, 2.75) is 13.5 Å². The number of aliphatic carboxylic acids is 1. The fourth-order valence-corrected chi connectivity index (χ4v) is 2.51.